The van der Waals surface area contributed by atoms with Crippen molar-refractivity contribution in [1.82, 2.24) is 0 Å². The van der Waals surface area contributed by atoms with Gasteiger partial charge in [-0.2, -0.15) is 11.8 Å². The molecule has 0 spiro atoms. The lowest BCUT2D eigenvalue weighted by atomic mass is 10.2. The van der Waals surface area contributed by atoms with Crippen molar-refractivity contribution >= 4 is 23.4 Å². The highest BCUT2D eigenvalue weighted by atomic mass is 32.2. The van der Waals surface area contributed by atoms with Gasteiger partial charge in [0.05, 0.1) is 18.0 Å². The minimum absolute atomic E-state index is 0.0461. The van der Waals surface area contributed by atoms with Crippen molar-refractivity contribution < 1.29 is 14.3 Å². The number of para-hydroxylation sites is 2. The molecule has 0 atom stereocenters. The maximum absolute atomic E-state index is 11.7. The molecule has 4 nitrogen and oxygen atoms in total. The lowest BCUT2D eigenvalue weighted by molar-refractivity contribution is -0.113. The number of carbonyl (C=O) groups excluding carboxylic acids is 1. The maximum Gasteiger partial charge on any atom is 0.234 e. The molecule has 0 unspecified atom stereocenters. The van der Waals surface area contributed by atoms with Gasteiger partial charge in [-0.3, -0.25) is 4.79 Å². The van der Waals surface area contributed by atoms with Crippen LogP contribution in [0.25, 0.3) is 0 Å². The Morgan fingerprint density at radius 1 is 1.09 bits per heavy atom. The van der Waals surface area contributed by atoms with Crippen LogP contribution in [0.2, 0.25) is 0 Å². The molecular formula is C17H19NO3S. The molecule has 2 rings (SSSR count). The van der Waals surface area contributed by atoms with Crippen molar-refractivity contribution in [1.29, 1.82) is 0 Å². The van der Waals surface area contributed by atoms with Crippen LogP contribution < -0.4 is 14.8 Å². The molecule has 0 aliphatic heterocycles. The third kappa shape index (κ3) is 4.70. The van der Waals surface area contributed by atoms with Crippen LogP contribution in [0.1, 0.15) is 6.92 Å². The highest BCUT2D eigenvalue weighted by Gasteiger charge is 2.08. The number of anilines is 1. The van der Waals surface area contributed by atoms with E-state index in [4.69, 9.17) is 9.47 Å². The molecule has 0 saturated carbocycles. The van der Waals surface area contributed by atoms with Gasteiger partial charge in [0.2, 0.25) is 5.91 Å². The second-order valence-corrected chi connectivity index (χ2v) is 5.35. The summed E-state index contributed by atoms with van der Waals surface area (Å²) < 4.78 is 11.2. The van der Waals surface area contributed by atoms with Crippen LogP contribution in [0.15, 0.2) is 48.5 Å². The Kier molecular flexibility index (Phi) is 6.15. The fourth-order valence-corrected chi connectivity index (χ4v) is 2.21. The van der Waals surface area contributed by atoms with Gasteiger partial charge in [0.25, 0.3) is 0 Å². The molecule has 0 saturated heterocycles. The normalized spacial score (nSPS) is 10.1. The number of nitrogens with one attached hydrogen (secondary N) is 1. The van der Waals surface area contributed by atoms with Crippen LogP contribution in [0.5, 0.6) is 17.2 Å². The summed E-state index contributed by atoms with van der Waals surface area (Å²) in [5, 5.41) is 2.85. The molecule has 5 heteroatoms. The van der Waals surface area contributed by atoms with Crippen molar-refractivity contribution in [3.05, 3.63) is 48.5 Å². The molecule has 0 fully saturated rings. The van der Waals surface area contributed by atoms with Gasteiger partial charge in [-0.25, -0.2) is 0 Å². The first-order valence-corrected chi connectivity index (χ1v) is 8.41. The van der Waals surface area contributed by atoms with E-state index >= 15 is 0 Å². The fourth-order valence-electron chi connectivity index (χ4n) is 1.87. The molecular weight excluding hydrogens is 298 g/mol. The molecule has 0 aromatic heterocycles. The number of thioether (sulfide) groups is 1. The van der Waals surface area contributed by atoms with Crippen LogP contribution in [0.3, 0.4) is 0 Å². The van der Waals surface area contributed by atoms with Gasteiger partial charge in [-0.1, -0.05) is 12.1 Å². The lowest BCUT2D eigenvalue weighted by Gasteiger charge is -2.12. The second kappa shape index (κ2) is 8.34. The van der Waals surface area contributed by atoms with Crippen LogP contribution in [-0.2, 0) is 4.79 Å². The van der Waals surface area contributed by atoms with Gasteiger partial charge in [-0.15, -0.1) is 0 Å². The summed E-state index contributed by atoms with van der Waals surface area (Å²) in [6.07, 6.45) is 1.89. The number of amides is 1. The van der Waals surface area contributed by atoms with Gasteiger partial charge in [0, 0.05) is 0 Å². The Bertz CT molecular complexity index is 614. The Balaban J connectivity index is 2.10. The van der Waals surface area contributed by atoms with Crippen molar-refractivity contribution in [3.63, 3.8) is 0 Å². The number of ether oxygens (including phenoxy) is 2. The summed E-state index contributed by atoms with van der Waals surface area (Å²) in [6.45, 7) is 2.57. The lowest BCUT2D eigenvalue weighted by Crippen LogP contribution is -2.14. The molecule has 116 valence electrons. The predicted octanol–water partition coefficient (Wildman–Crippen LogP) is 4.18. The first-order valence-electron chi connectivity index (χ1n) is 7.01. The van der Waals surface area contributed by atoms with E-state index in [0.29, 0.717) is 29.5 Å². The van der Waals surface area contributed by atoms with E-state index < -0.39 is 0 Å². The second-order valence-electron chi connectivity index (χ2n) is 4.48. The number of benzene rings is 2. The number of carbonyl (C=O) groups is 1. The van der Waals surface area contributed by atoms with E-state index in [9.17, 15) is 4.79 Å². The largest absolute Gasteiger partial charge is 0.494 e. The Morgan fingerprint density at radius 3 is 2.45 bits per heavy atom. The molecule has 2 aromatic rings. The maximum atomic E-state index is 11.7. The monoisotopic (exact) mass is 317 g/mol. The highest BCUT2D eigenvalue weighted by molar-refractivity contribution is 7.99. The quantitative estimate of drug-likeness (QED) is 0.832. The zero-order chi connectivity index (χ0) is 15.8. The smallest absolute Gasteiger partial charge is 0.234 e. The van der Waals surface area contributed by atoms with Gasteiger partial charge in [-0.05, 0) is 49.6 Å². The Labute approximate surface area is 134 Å². The zero-order valence-electron chi connectivity index (χ0n) is 12.7. The summed E-state index contributed by atoms with van der Waals surface area (Å²) >= 11 is 1.48. The SMILES string of the molecule is CCOc1ccc(Oc2ccccc2NC(=O)CSC)cc1. The summed E-state index contributed by atoms with van der Waals surface area (Å²) in [4.78, 5) is 11.7. The third-order valence-corrected chi connectivity index (χ3v) is 3.35. The predicted molar refractivity (Wildman–Crippen MR) is 91.1 cm³/mol. The zero-order valence-corrected chi connectivity index (χ0v) is 13.5. The molecule has 2 aromatic carbocycles. The van der Waals surface area contributed by atoms with Crippen LogP contribution in [-0.4, -0.2) is 24.5 Å². The summed E-state index contributed by atoms with van der Waals surface area (Å²) in [5.41, 5.74) is 0.662. The van der Waals surface area contributed by atoms with E-state index in [1.165, 1.54) is 11.8 Å². The molecule has 0 radical (unpaired) electrons. The first kappa shape index (κ1) is 16.2. The standard InChI is InChI=1S/C17H19NO3S/c1-3-20-13-8-10-14(11-9-13)21-16-7-5-4-6-15(16)18-17(19)12-22-2/h4-11H,3,12H2,1-2H3,(H,18,19). The van der Waals surface area contributed by atoms with Gasteiger partial charge < -0.3 is 14.8 Å². The molecule has 0 aliphatic rings. The molecule has 1 N–H and O–H groups in total. The third-order valence-electron chi connectivity index (χ3n) is 2.80. The van der Waals surface area contributed by atoms with E-state index in [1.807, 2.05) is 61.7 Å². The fraction of sp³-hybridized carbons (Fsp3) is 0.235. The topological polar surface area (TPSA) is 47.6 Å². The van der Waals surface area contributed by atoms with Crippen LogP contribution in [0.4, 0.5) is 5.69 Å². The van der Waals surface area contributed by atoms with Crippen molar-refractivity contribution in [2.45, 2.75) is 6.92 Å². The van der Waals surface area contributed by atoms with E-state index in [-0.39, 0.29) is 5.91 Å². The van der Waals surface area contributed by atoms with Gasteiger partial charge in [0.15, 0.2) is 5.75 Å². The van der Waals surface area contributed by atoms with Gasteiger partial charge in [0.1, 0.15) is 11.5 Å². The average molecular weight is 317 g/mol. The van der Waals surface area contributed by atoms with Crippen molar-refractivity contribution in [2.75, 3.05) is 23.9 Å². The number of hydrogen-bond acceptors (Lipinski definition) is 4. The highest BCUT2D eigenvalue weighted by Crippen LogP contribution is 2.30. The Hall–Kier alpha value is -2.14. The number of hydrogen-bond donors (Lipinski definition) is 1. The summed E-state index contributed by atoms with van der Waals surface area (Å²) in [7, 11) is 0. The molecule has 0 aliphatic carbocycles. The minimum atomic E-state index is -0.0461. The number of rotatable bonds is 7. The van der Waals surface area contributed by atoms with Gasteiger partial charge >= 0.3 is 0 Å². The van der Waals surface area contributed by atoms with E-state index in [0.717, 1.165) is 5.75 Å². The summed E-state index contributed by atoms with van der Waals surface area (Å²) in [6, 6.07) is 14.8. The van der Waals surface area contributed by atoms with E-state index in [2.05, 4.69) is 5.32 Å². The summed E-state index contributed by atoms with van der Waals surface area (Å²) in [5.74, 6) is 2.47. The first-order chi connectivity index (χ1) is 10.7. The minimum Gasteiger partial charge on any atom is -0.494 e. The average Bonchev–Trinajstić information content (AvgIpc) is 2.52. The molecule has 0 bridgehead atoms. The molecule has 1 amide bonds. The van der Waals surface area contributed by atoms with Crippen molar-refractivity contribution in [3.8, 4) is 17.2 Å². The molecule has 0 heterocycles. The van der Waals surface area contributed by atoms with E-state index in [1.54, 1.807) is 0 Å². The Morgan fingerprint density at radius 2 is 1.77 bits per heavy atom. The van der Waals surface area contributed by atoms with Crippen LogP contribution in [0, 0.1) is 0 Å². The molecule has 22 heavy (non-hydrogen) atoms. The van der Waals surface area contributed by atoms with Crippen molar-refractivity contribution in [2.24, 2.45) is 0 Å². The van der Waals surface area contributed by atoms with Crippen LogP contribution >= 0.6 is 11.8 Å².